The fraction of sp³-hybridized carbons (Fsp3) is 0.412. The van der Waals surface area contributed by atoms with Gasteiger partial charge in [-0.15, -0.1) is 0 Å². The fourth-order valence-electron chi connectivity index (χ4n) is 2.23. The molecule has 0 aliphatic carbocycles. The van der Waals surface area contributed by atoms with Crippen LogP contribution in [0, 0.1) is 0 Å². The number of carbonyl (C=O) groups excluding carboxylic acids is 1. The van der Waals surface area contributed by atoms with E-state index >= 15 is 0 Å². The van der Waals surface area contributed by atoms with Gasteiger partial charge in [0, 0.05) is 24.6 Å². The predicted molar refractivity (Wildman–Crippen MR) is 89.4 cm³/mol. The maximum absolute atomic E-state index is 11.8. The van der Waals surface area contributed by atoms with Crippen molar-refractivity contribution in [3.05, 3.63) is 48.5 Å². The number of nitrogens with one attached hydrogen (secondary N) is 2. The van der Waals surface area contributed by atoms with E-state index in [0.29, 0.717) is 19.4 Å². The molecule has 3 N–H and O–H groups in total. The zero-order chi connectivity index (χ0) is 16.7. The average molecular weight is 316 g/mol. The van der Waals surface area contributed by atoms with Gasteiger partial charge in [0.1, 0.15) is 0 Å². The minimum absolute atomic E-state index is 0.0945. The highest BCUT2D eigenvalue weighted by molar-refractivity contribution is 5.74. The third-order valence-electron chi connectivity index (χ3n) is 3.78. The molecule has 0 fully saturated rings. The molecule has 0 bridgehead atoms. The molecule has 0 saturated heterocycles. The van der Waals surface area contributed by atoms with Crippen LogP contribution in [0.25, 0.3) is 5.69 Å². The maximum Gasteiger partial charge on any atom is 0.315 e. The Morgan fingerprint density at radius 2 is 2.09 bits per heavy atom. The molecular formula is C17H24N4O2. The number of hydrogen-bond donors (Lipinski definition) is 3. The van der Waals surface area contributed by atoms with E-state index in [1.807, 2.05) is 48.9 Å². The molecule has 0 radical (unpaired) electrons. The number of aliphatic hydroxyl groups is 1. The zero-order valence-corrected chi connectivity index (χ0v) is 13.6. The van der Waals surface area contributed by atoms with E-state index in [1.54, 1.807) is 12.5 Å². The highest BCUT2D eigenvalue weighted by Crippen LogP contribution is 2.15. The van der Waals surface area contributed by atoms with Gasteiger partial charge in [-0.3, -0.25) is 0 Å². The quantitative estimate of drug-likeness (QED) is 0.734. The lowest BCUT2D eigenvalue weighted by molar-refractivity contribution is 0.160. The van der Waals surface area contributed by atoms with Crippen molar-refractivity contribution in [1.82, 2.24) is 20.2 Å². The van der Waals surface area contributed by atoms with Crippen LogP contribution in [0.15, 0.2) is 43.0 Å². The molecule has 2 amide bonds. The van der Waals surface area contributed by atoms with Crippen molar-refractivity contribution in [2.24, 2.45) is 0 Å². The molecule has 0 aliphatic heterocycles. The Hall–Kier alpha value is -2.34. The largest absolute Gasteiger partial charge is 0.393 e. The van der Waals surface area contributed by atoms with E-state index in [1.165, 1.54) is 0 Å². The SMILES string of the molecule is CCC(O)CCNC(=O)NC(C)c1ccc(-n2ccnc2)cc1. The van der Waals surface area contributed by atoms with Gasteiger partial charge < -0.3 is 20.3 Å². The summed E-state index contributed by atoms with van der Waals surface area (Å²) in [7, 11) is 0. The van der Waals surface area contributed by atoms with Crippen molar-refractivity contribution in [3.63, 3.8) is 0 Å². The molecule has 2 aromatic rings. The smallest absolute Gasteiger partial charge is 0.315 e. The van der Waals surface area contributed by atoms with E-state index < -0.39 is 0 Å². The molecular weight excluding hydrogens is 292 g/mol. The molecule has 1 heterocycles. The second-order valence-electron chi connectivity index (χ2n) is 5.53. The van der Waals surface area contributed by atoms with Crippen LogP contribution in [-0.4, -0.2) is 33.3 Å². The van der Waals surface area contributed by atoms with Crippen LogP contribution in [0.2, 0.25) is 0 Å². The lowest BCUT2D eigenvalue weighted by atomic mass is 10.1. The summed E-state index contributed by atoms with van der Waals surface area (Å²) < 4.78 is 1.92. The molecule has 1 aromatic carbocycles. The Morgan fingerprint density at radius 3 is 2.70 bits per heavy atom. The van der Waals surface area contributed by atoms with Gasteiger partial charge >= 0.3 is 6.03 Å². The number of rotatable bonds is 7. The Kier molecular flexibility index (Phi) is 6.17. The van der Waals surface area contributed by atoms with Gasteiger partial charge in [-0.05, 0) is 37.5 Å². The van der Waals surface area contributed by atoms with Gasteiger partial charge in [-0.25, -0.2) is 9.78 Å². The van der Waals surface area contributed by atoms with Crippen LogP contribution in [-0.2, 0) is 0 Å². The summed E-state index contributed by atoms with van der Waals surface area (Å²) in [5.74, 6) is 0. The van der Waals surface area contributed by atoms with Crippen LogP contribution in [0.4, 0.5) is 4.79 Å². The Morgan fingerprint density at radius 1 is 1.35 bits per heavy atom. The Balaban J connectivity index is 1.83. The molecule has 2 atom stereocenters. The number of aromatic nitrogens is 2. The van der Waals surface area contributed by atoms with Crippen molar-refractivity contribution in [2.75, 3.05) is 6.54 Å². The van der Waals surface area contributed by atoms with Gasteiger partial charge in [-0.1, -0.05) is 19.1 Å². The summed E-state index contributed by atoms with van der Waals surface area (Å²) in [6, 6.07) is 7.64. The van der Waals surface area contributed by atoms with E-state index in [-0.39, 0.29) is 18.2 Å². The first-order valence-electron chi connectivity index (χ1n) is 7.91. The van der Waals surface area contributed by atoms with Gasteiger partial charge in [0.25, 0.3) is 0 Å². The summed E-state index contributed by atoms with van der Waals surface area (Å²) in [5, 5.41) is 15.1. The van der Waals surface area contributed by atoms with Crippen molar-refractivity contribution in [2.45, 2.75) is 38.8 Å². The van der Waals surface area contributed by atoms with Crippen LogP contribution >= 0.6 is 0 Å². The minimum atomic E-state index is -0.358. The molecule has 23 heavy (non-hydrogen) atoms. The molecule has 0 spiro atoms. The van der Waals surface area contributed by atoms with Gasteiger partial charge in [0.15, 0.2) is 0 Å². The molecule has 6 nitrogen and oxygen atoms in total. The normalized spacial score (nSPS) is 13.3. The summed E-state index contributed by atoms with van der Waals surface area (Å²) in [4.78, 5) is 15.9. The van der Waals surface area contributed by atoms with E-state index in [4.69, 9.17) is 0 Å². The van der Waals surface area contributed by atoms with Crippen molar-refractivity contribution >= 4 is 6.03 Å². The molecule has 1 aromatic heterocycles. The van der Waals surface area contributed by atoms with Crippen molar-refractivity contribution in [3.8, 4) is 5.69 Å². The van der Waals surface area contributed by atoms with E-state index in [9.17, 15) is 9.90 Å². The second kappa shape index (κ2) is 8.33. The number of carbonyl (C=O) groups is 1. The molecule has 2 unspecified atom stereocenters. The number of urea groups is 1. The third kappa shape index (κ3) is 5.10. The summed E-state index contributed by atoms with van der Waals surface area (Å²) in [6.07, 6.45) is 6.27. The number of imidazole rings is 1. The van der Waals surface area contributed by atoms with Crippen molar-refractivity contribution in [1.29, 1.82) is 0 Å². The Labute approximate surface area is 136 Å². The van der Waals surface area contributed by atoms with Gasteiger partial charge in [0.2, 0.25) is 0 Å². The molecule has 124 valence electrons. The molecule has 2 rings (SSSR count). The number of nitrogens with zero attached hydrogens (tertiary/aromatic N) is 2. The number of amides is 2. The lowest BCUT2D eigenvalue weighted by Crippen LogP contribution is -2.38. The van der Waals surface area contributed by atoms with Crippen LogP contribution in [0.3, 0.4) is 0 Å². The summed E-state index contributed by atoms with van der Waals surface area (Å²) in [5.41, 5.74) is 2.05. The summed E-state index contributed by atoms with van der Waals surface area (Å²) >= 11 is 0. The van der Waals surface area contributed by atoms with Crippen LogP contribution in [0.5, 0.6) is 0 Å². The van der Waals surface area contributed by atoms with Gasteiger partial charge in [0.05, 0.1) is 18.5 Å². The maximum atomic E-state index is 11.8. The molecule has 0 saturated carbocycles. The summed E-state index contributed by atoms with van der Waals surface area (Å²) in [6.45, 7) is 4.32. The van der Waals surface area contributed by atoms with Crippen LogP contribution < -0.4 is 10.6 Å². The molecule has 6 heteroatoms. The highest BCUT2D eigenvalue weighted by atomic mass is 16.3. The number of hydrogen-bond acceptors (Lipinski definition) is 3. The van der Waals surface area contributed by atoms with E-state index in [2.05, 4.69) is 15.6 Å². The highest BCUT2D eigenvalue weighted by Gasteiger charge is 2.10. The Bertz CT molecular complexity index is 596. The zero-order valence-electron chi connectivity index (χ0n) is 13.6. The number of aliphatic hydroxyl groups excluding tert-OH is 1. The third-order valence-corrected chi connectivity index (χ3v) is 3.78. The predicted octanol–water partition coefficient (Wildman–Crippen LogP) is 2.39. The average Bonchev–Trinajstić information content (AvgIpc) is 3.09. The topological polar surface area (TPSA) is 79.2 Å². The first-order valence-corrected chi connectivity index (χ1v) is 7.91. The second-order valence-corrected chi connectivity index (χ2v) is 5.53. The fourth-order valence-corrected chi connectivity index (χ4v) is 2.23. The first-order chi connectivity index (χ1) is 11.1. The minimum Gasteiger partial charge on any atom is -0.393 e. The standard InChI is InChI=1S/C17H24N4O2/c1-3-16(22)8-9-19-17(23)20-13(2)14-4-6-15(7-5-14)21-11-10-18-12-21/h4-7,10-13,16,22H,3,8-9H2,1-2H3,(H2,19,20,23). The van der Waals surface area contributed by atoms with Gasteiger partial charge in [-0.2, -0.15) is 0 Å². The molecule has 0 aliphatic rings. The lowest BCUT2D eigenvalue weighted by Gasteiger charge is -2.16. The van der Waals surface area contributed by atoms with Crippen molar-refractivity contribution < 1.29 is 9.90 Å². The van der Waals surface area contributed by atoms with E-state index in [0.717, 1.165) is 11.3 Å². The first kappa shape index (κ1) is 17.0. The van der Waals surface area contributed by atoms with Crippen LogP contribution in [0.1, 0.15) is 38.3 Å². The monoisotopic (exact) mass is 316 g/mol. The number of benzene rings is 1.